The summed E-state index contributed by atoms with van der Waals surface area (Å²) in [5.74, 6) is 0.743. The highest BCUT2D eigenvalue weighted by atomic mass is 35.5. The minimum Gasteiger partial charge on any atom is -0.471 e. The van der Waals surface area contributed by atoms with Gasteiger partial charge in [-0.15, -0.1) is 12.4 Å². The van der Waals surface area contributed by atoms with Gasteiger partial charge in [-0.2, -0.15) is 0 Å². The summed E-state index contributed by atoms with van der Waals surface area (Å²) in [5.41, 5.74) is 0. The first-order chi connectivity index (χ1) is 9.26. The summed E-state index contributed by atoms with van der Waals surface area (Å²) in [6.45, 7) is 5.33. The van der Waals surface area contributed by atoms with E-state index in [1.807, 2.05) is 37.3 Å². The zero-order valence-electron chi connectivity index (χ0n) is 12.2. The molecule has 5 heteroatoms. The molecule has 1 atom stereocenters. The molecule has 4 nitrogen and oxygen atoms in total. The molecule has 0 bridgehead atoms. The second kappa shape index (κ2) is 11.6. The second-order valence-corrected chi connectivity index (χ2v) is 4.43. The first-order valence-electron chi connectivity index (χ1n) is 6.98. The number of rotatable bonds is 9. The minimum atomic E-state index is -0.275. The molecule has 1 amide bonds. The summed E-state index contributed by atoms with van der Waals surface area (Å²) in [6, 6.07) is 9.53. The Hall–Kier alpha value is -1.26. The van der Waals surface area contributed by atoms with Gasteiger partial charge in [-0.3, -0.25) is 4.79 Å². The van der Waals surface area contributed by atoms with Crippen LogP contribution in [0.1, 0.15) is 33.1 Å². The van der Waals surface area contributed by atoms with Crippen LogP contribution >= 0.6 is 12.4 Å². The summed E-state index contributed by atoms with van der Waals surface area (Å²) in [7, 11) is 0. The third-order valence-corrected chi connectivity index (χ3v) is 2.71. The highest BCUT2D eigenvalue weighted by Gasteiger charge is 2.11. The van der Waals surface area contributed by atoms with Gasteiger partial charge in [0.15, 0.2) is 6.23 Å². The van der Waals surface area contributed by atoms with Crippen molar-refractivity contribution < 1.29 is 9.53 Å². The molecular weight excluding hydrogens is 276 g/mol. The fourth-order valence-electron chi connectivity index (χ4n) is 1.61. The number of hydrogen-bond acceptors (Lipinski definition) is 3. The smallest absolute Gasteiger partial charge is 0.236 e. The van der Waals surface area contributed by atoms with Crippen LogP contribution in [0.25, 0.3) is 0 Å². The Morgan fingerprint density at radius 1 is 1.25 bits per heavy atom. The fraction of sp³-hybridized carbons (Fsp3) is 0.533. The topological polar surface area (TPSA) is 50.4 Å². The highest BCUT2D eigenvalue weighted by Crippen LogP contribution is 2.11. The Bertz CT molecular complexity index is 360. The number of halogens is 1. The van der Waals surface area contributed by atoms with E-state index in [-0.39, 0.29) is 24.5 Å². The fourth-order valence-corrected chi connectivity index (χ4v) is 1.61. The van der Waals surface area contributed by atoms with E-state index in [9.17, 15) is 4.79 Å². The molecule has 0 saturated carbocycles. The second-order valence-electron chi connectivity index (χ2n) is 4.43. The summed E-state index contributed by atoms with van der Waals surface area (Å²) < 4.78 is 5.70. The maximum atomic E-state index is 11.7. The van der Waals surface area contributed by atoms with Crippen LogP contribution in [0, 0.1) is 0 Å². The quantitative estimate of drug-likeness (QED) is 0.544. The molecule has 0 radical (unpaired) electrons. The third-order valence-electron chi connectivity index (χ3n) is 2.71. The third kappa shape index (κ3) is 8.02. The molecule has 20 heavy (non-hydrogen) atoms. The first kappa shape index (κ1) is 18.7. The Balaban J connectivity index is 0.00000361. The number of hydrogen-bond donors (Lipinski definition) is 2. The van der Waals surface area contributed by atoms with Crippen LogP contribution < -0.4 is 15.4 Å². The van der Waals surface area contributed by atoms with Crippen molar-refractivity contribution in [1.29, 1.82) is 0 Å². The first-order valence-corrected chi connectivity index (χ1v) is 6.98. The molecule has 0 aliphatic rings. The van der Waals surface area contributed by atoms with Gasteiger partial charge in [-0.05, 0) is 25.1 Å². The van der Waals surface area contributed by atoms with E-state index in [0.29, 0.717) is 6.54 Å². The molecule has 114 valence electrons. The predicted octanol–water partition coefficient (Wildman–Crippen LogP) is 2.73. The van der Waals surface area contributed by atoms with Crippen molar-refractivity contribution in [3.8, 4) is 5.75 Å². The van der Waals surface area contributed by atoms with Gasteiger partial charge in [0.2, 0.25) is 5.91 Å². The number of ether oxygens (including phenoxy) is 1. The Morgan fingerprint density at radius 2 is 1.95 bits per heavy atom. The maximum Gasteiger partial charge on any atom is 0.236 e. The summed E-state index contributed by atoms with van der Waals surface area (Å²) >= 11 is 0. The van der Waals surface area contributed by atoms with E-state index in [0.717, 1.165) is 31.6 Å². The number of unbranched alkanes of at least 4 members (excludes halogenated alkanes) is 1. The molecule has 0 aromatic heterocycles. The number of nitrogens with one attached hydrogen (secondary N) is 2. The molecule has 1 aromatic carbocycles. The molecule has 0 aliphatic carbocycles. The van der Waals surface area contributed by atoms with Gasteiger partial charge < -0.3 is 15.4 Å². The van der Waals surface area contributed by atoms with Crippen molar-refractivity contribution in [3.63, 3.8) is 0 Å². The van der Waals surface area contributed by atoms with Gasteiger partial charge in [0, 0.05) is 6.42 Å². The van der Waals surface area contributed by atoms with E-state index in [2.05, 4.69) is 17.6 Å². The van der Waals surface area contributed by atoms with Crippen LogP contribution in [0.3, 0.4) is 0 Å². The zero-order valence-corrected chi connectivity index (χ0v) is 13.0. The molecule has 2 N–H and O–H groups in total. The summed E-state index contributed by atoms with van der Waals surface area (Å²) in [6.07, 6.45) is 2.67. The summed E-state index contributed by atoms with van der Waals surface area (Å²) in [4.78, 5) is 11.7. The van der Waals surface area contributed by atoms with E-state index >= 15 is 0 Å². The van der Waals surface area contributed by atoms with Crippen LogP contribution in [-0.4, -0.2) is 25.2 Å². The van der Waals surface area contributed by atoms with Crippen molar-refractivity contribution in [2.24, 2.45) is 0 Å². The molecular formula is C15H25ClN2O2. The van der Waals surface area contributed by atoms with Crippen molar-refractivity contribution in [2.45, 2.75) is 39.3 Å². The molecule has 0 aliphatic heterocycles. The number of carbonyl (C=O) groups excluding carboxylic acids is 1. The van der Waals surface area contributed by atoms with Gasteiger partial charge in [0.1, 0.15) is 5.75 Å². The van der Waals surface area contributed by atoms with Crippen LogP contribution in [0.2, 0.25) is 0 Å². The number of amides is 1. The standard InChI is InChI=1S/C15H24N2O2.ClH/c1-3-5-11-16-12-14(18)17-15(4-2)19-13-9-7-6-8-10-13;/h6-10,15-16H,3-5,11-12H2,1-2H3,(H,17,18);1H. The van der Waals surface area contributed by atoms with Crippen molar-refractivity contribution >= 4 is 18.3 Å². The van der Waals surface area contributed by atoms with Gasteiger partial charge in [0.05, 0.1) is 6.54 Å². The lowest BCUT2D eigenvalue weighted by Crippen LogP contribution is -2.43. The van der Waals surface area contributed by atoms with Crippen LogP contribution in [0.5, 0.6) is 5.75 Å². The van der Waals surface area contributed by atoms with Crippen LogP contribution in [0.4, 0.5) is 0 Å². The highest BCUT2D eigenvalue weighted by molar-refractivity contribution is 5.85. The monoisotopic (exact) mass is 300 g/mol. The largest absolute Gasteiger partial charge is 0.471 e. The van der Waals surface area contributed by atoms with Crippen LogP contribution in [-0.2, 0) is 4.79 Å². The number of carbonyl (C=O) groups is 1. The van der Waals surface area contributed by atoms with E-state index < -0.39 is 0 Å². The molecule has 0 heterocycles. The maximum absolute atomic E-state index is 11.7. The van der Waals surface area contributed by atoms with Crippen molar-refractivity contribution in [3.05, 3.63) is 30.3 Å². The zero-order chi connectivity index (χ0) is 13.9. The molecule has 0 saturated heterocycles. The lowest BCUT2D eigenvalue weighted by Gasteiger charge is -2.19. The lowest BCUT2D eigenvalue weighted by atomic mass is 10.3. The Labute approximate surface area is 127 Å². The Morgan fingerprint density at radius 3 is 2.55 bits per heavy atom. The van der Waals surface area contributed by atoms with Crippen molar-refractivity contribution in [2.75, 3.05) is 13.1 Å². The Kier molecular flexibility index (Phi) is 10.8. The predicted molar refractivity (Wildman–Crippen MR) is 84.3 cm³/mol. The van der Waals surface area contributed by atoms with E-state index in [1.54, 1.807) is 0 Å². The molecule has 0 fully saturated rings. The van der Waals surface area contributed by atoms with E-state index in [1.165, 1.54) is 0 Å². The average molecular weight is 301 g/mol. The molecule has 0 spiro atoms. The van der Waals surface area contributed by atoms with Crippen molar-refractivity contribution in [1.82, 2.24) is 10.6 Å². The average Bonchev–Trinajstić information content (AvgIpc) is 2.44. The minimum absolute atomic E-state index is 0. The van der Waals surface area contributed by atoms with Crippen LogP contribution in [0.15, 0.2) is 30.3 Å². The summed E-state index contributed by atoms with van der Waals surface area (Å²) in [5, 5.41) is 5.98. The number of para-hydroxylation sites is 1. The molecule has 1 rings (SSSR count). The number of benzene rings is 1. The van der Waals surface area contributed by atoms with E-state index in [4.69, 9.17) is 4.74 Å². The van der Waals surface area contributed by atoms with Gasteiger partial charge in [-0.1, -0.05) is 38.5 Å². The van der Waals surface area contributed by atoms with Gasteiger partial charge >= 0.3 is 0 Å². The van der Waals surface area contributed by atoms with Gasteiger partial charge in [-0.25, -0.2) is 0 Å². The van der Waals surface area contributed by atoms with Gasteiger partial charge in [0.25, 0.3) is 0 Å². The normalized spacial score (nSPS) is 11.3. The lowest BCUT2D eigenvalue weighted by molar-refractivity contribution is -0.122. The SMILES string of the molecule is CCCCNCC(=O)NC(CC)Oc1ccccc1.Cl. The molecule has 1 unspecified atom stereocenters. The molecule has 1 aromatic rings.